The van der Waals surface area contributed by atoms with E-state index in [0.717, 1.165) is 29.4 Å². The monoisotopic (exact) mass is 379 g/mol. The van der Waals surface area contributed by atoms with Crippen molar-refractivity contribution in [2.45, 2.75) is 19.8 Å². The van der Waals surface area contributed by atoms with Crippen LogP contribution >= 0.6 is 11.6 Å². The lowest BCUT2D eigenvalue weighted by Crippen LogP contribution is -2.10. The molecule has 25 heavy (non-hydrogen) atoms. The number of ether oxygens (including phenoxy) is 2. The van der Waals surface area contributed by atoms with Crippen LogP contribution in [0.15, 0.2) is 41.8 Å². The first-order chi connectivity index (χ1) is 12.0. The average molecular weight is 380 g/mol. The molecule has 0 spiro atoms. The zero-order valence-electron chi connectivity index (χ0n) is 13.7. The van der Waals surface area contributed by atoms with Gasteiger partial charge in [0, 0.05) is 11.1 Å². The van der Waals surface area contributed by atoms with E-state index >= 15 is 0 Å². The van der Waals surface area contributed by atoms with Crippen molar-refractivity contribution >= 4 is 33.4 Å². The highest BCUT2D eigenvalue weighted by atomic mass is 35.5. The quantitative estimate of drug-likeness (QED) is 0.806. The number of sulfonamides is 1. The zero-order valence-corrected chi connectivity index (χ0v) is 15.2. The molecule has 2 aromatic rings. The van der Waals surface area contributed by atoms with Crippen molar-refractivity contribution in [3.63, 3.8) is 0 Å². The molecule has 132 valence electrons. The summed E-state index contributed by atoms with van der Waals surface area (Å²) in [5.74, 6) is 1.18. The van der Waals surface area contributed by atoms with Crippen LogP contribution in [0, 0.1) is 0 Å². The summed E-state index contributed by atoms with van der Waals surface area (Å²) < 4.78 is 38.1. The number of nitrogens with one attached hydrogen (secondary N) is 1. The summed E-state index contributed by atoms with van der Waals surface area (Å²) >= 11 is 5.83. The number of benzene rings is 2. The van der Waals surface area contributed by atoms with Gasteiger partial charge in [-0.3, -0.25) is 4.72 Å². The van der Waals surface area contributed by atoms with E-state index < -0.39 is 10.0 Å². The molecule has 3 rings (SSSR count). The van der Waals surface area contributed by atoms with E-state index in [4.69, 9.17) is 21.1 Å². The Morgan fingerprint density at radius 3 is 2.52 bits per heavy atom. The minimum atomic E-state index is -3.66. The first-order valence-electron chi connectivity index (χ1n) is 7.86. The minimum absolute atomic E-state index is 0.146. The van der Waals surface area contributed by atoms with Gasteiger partial charge in [-0.15, -0.1) is 0 Å². The lowest BCUT2D eigenvalue weighted by atomic mass is 10.1. The van der Waals surface area contributed by atoms with Gasteiger partial charge in [-0.05, 0) is 41.8 Å². The van der Waals surface area contributed by atoms with Crippen LogP contribution in [0.25, 0.3) is 6.08 Å². The lowest BCUT2D eigenvalue weighted by molar-refractivity contribution is 0.174. The van der Waals surface area contributed by atoms with Crippen LogP contribution in [0.2, 0.25) is 5.02 Å². The van der Waals surface area contributed by atoms with E-state index in [0.29, 0.717) is 22.2 Å². The van der Waals surface area contributed by atoms with Crippen LogP contribution in [0.4, 0.5) is 5.69 Å². The summed E-state index contributed by atoms with van der Waals surface area (Å²) in [6.45, 7) is 2.18. The Morgan fingerprint density at radius 1 is 1.16 bits per heavy atom. The Hall–Kier alpha value is -2.18. The van der Waals surface area contributed by atoms with Crippen LogP contribution in [-0.2, 0) is 16.4 Å². The molecule has 1 aliphatic heterocycles. The Balaban J connectivity index is 1.83. The van der Waals surface area contributed by atoms with Crippen molar-refractivity contribution in [3.8, 4) is 11.5 Å². The predicted molar refractivity (Wildman–Crippen MR) is 99.6 cm³/mol. The van der Waals surface area contributed by atoms with Gasteiger partial charge in [0.1, 0.15) is 0 Å². The molecule has 0 bridgehead atoms. The fourth-order valence-electron chi connectivity index (χ4n) is 2.48. The number of hydrogen-bond acceptors (Lipinski definition) is 4. The molecule has 0 unspecified atom stereocenters. The second-order valence-corrected chi connectivity index (χ2v) is 7.62. The summed E-state index contributed by atoms with van der Waals surface area (Å²) in [5, 5.41) is 1.74. The number of aryl methyl sites for hydroxylation is 1. The minimum Gasteiger partial charge on any atom is -0.454 e. The van der Waals surface area contributed by atoms with E-state index in [1.54, 1.807) is 30.3 Å². The van der Waals surface area contributed by atoms with E-state index in [-0.39, 0.29) is 6.79 Å². The normalized spacial score (nSPS) is 13.4. The second-order valence-electron chi connectivity index (χ2n) is 5.61. The fourth-order valence-corrected chi connectivity index (χ4v) is 3.51. The fraction of sp³-hybridized carbons (Fsp3) is 0.222. The van der Waals surface area contributed by atoms with Crippen molar-refractivity contribution in [2.24, 2.45) is 0 Å². The van der Waals surface area contributed by atoms with Crippen molar-refractivity contribution < 1.29 is 17.9 Å². The number of halogens is 1. The molecule has 0 radical (unpaired) electrons. The Labute approximate surface area is 152 Å². The molecule has 1 heterocycles. The van der Waals surface area contributed by atoms with Gasteiger partial charge in [-0.25, -0.2) is 8.42 Å². The van der Waals surface area contributed by atoms with E-state index in [1.807, 2.05) is 13.0 Å². The third-order valence-corrected chi connectivity index (χ3v) is 4.93. The molecule has 0 fully saturated rings. The highest BCUT2D eigenvalue weighted by molar-refractivity contribution is 7.95. The van der Waals surface area contributed by atoms with Gasteiger partial charge in [0.15, 0.2) is 11.5 Å². The van der Waals surface area contributed by atoms with E-state index in [2.05, 4.69) is 4.72 Å². The Morgan fingerprint density at radius 2 is 1.84 bits per heavy atom. The highest BCUT2D eigenvalue weighted by Gasteiger charge is 2.19. The summed E-state index contributed by atoms with van der Waals surface area (Å²) in [4.78, 5) is 0. The molecule has 2 aromatic carbocycles. The molecule has 5 nitrogen and oxygen atoms in total. The van der Waals surface area contributed by atoms with Crippen molar-refractivity contribution in [1.29, 1.82) is 0 Å². The van der Waals surface area contributed by atoms with Gasteiger partial charge >= 0.3 is 0 Å². The van der Waals surface area contributed by atoms with Crippen LogP contribution in [0.5, 0.6) is 11.5 Å². The molecular weight excluding hydrogens is 362 g/mol. The van der Waals surface area contributed by atoms with Crippen LogP contribution in [0.3, 0.4) is 0 Å². The average Bonchev–Trinajstić information content (AvgIpc) is 3.02. The van der Waals surface area contributed by atoms with E-state index in [9.17, 15) is 8.42 Å². The third-order valence-electron chi connectivity index (χ3n) is 3.68. The first-order valence-corrected chi connectivity index (χ1v) is 9.78. The molecule has 7 heteroatoms. The molecule has 1 aliphatic rings. The molecule has 0 saturated heterocycles. The maximum atomic E-state index is 12.4. The predicted octanol–water partition coefficient (Wildman–Crippen LogP) is 4.43. The van der Waals surface area contributed by atoms with Gasteiger partial charge in [0.05, 0.1) is 11.1 Å². The van der Waals surface area contributed by atoms with Crippen LogP contribution in [0.1, 0.15) is 24.5 Å². The Kier molecular flexibility index (Phi) is 5.20. The maximum Gasteiger partial charge on any atom is 0.255 e. The number of rotatable bonds is 6. The van der Waals surface area contributed by atoms with Gasteiger partial charge in [-0.2, -0.15) is 0 Å². The summed E-state index contributed by atoms with van der Waals surface area (Å²) in [6.07, 6.45) is 3.13. The zero-order chi connectivity index (χ0) is 17.9. The van der Waals surface area contributed by atoms with Gasteiger partial charge < -0.3 is 9.47 Å². The van der Waals surface area contributed by atoms with E-state index in [1.165, 1.54) is 6.08 Å². The number of hydrogen-bond donors (Lipinski definition) is 1. The molecule has 0 aromatic heterocycles. The second kappa shape index (κ2) is 7.37. The largest absolute Gasteiger partial charge is 0.454 e. The van der Waals surface area contributed by atoms with Gasteiger partial charge in [-0.1, -0.05) is 37.1 Å². The molecule has 0 aliphatic carbocycles. The van der Waals surface area contributed by atoms with Gasteiger partial charge in [0.2, 0.25) is 6.79 Å². The molecular formula is C18H18ClNO4S. The summed E-state index contributed by atoms with van der Waals surface area (Å²) in [5.41, 5.74) is 2.12. The Bertz CT molecular complexity index is 892. The SMILES string of the molecule is CCCc1cc2c(cc1NS(=O)(=O)/C=C/c1ccc(Cl)cc1)OCO2. The third kappa shape index (κ3) is 4.46. The molecule has 0 saturated carbocycles. The van der Waals surface area contributed by atoms with Crippen molar-refractivity contribution in [2.75, 3.05) is 11.5 Å². The van der Waals surface area contributed by atoms with Crippen molar-refractivity contribution in [1.82, 2.24) is 0 Å². The maximum absolute atomic E-state index is 12.4. The summed E-state index contributed by atoms with van der Waals surface area (Å²) in [7, 11) is -3.66. The number of anilines is 1. The first kappa shape index (κ1) is 17.6. The van der Waals surface area contributed by atoms with Gasteiger partial charge in [0.25, 0.3) is 10.0 Å². The number of fused-ring (bicyclic) bond motifs is 1. The standard InChI is InChI=1S/C18H18ClNO4S/c1-2-3-14-10-17-18(24-12-23-17)11-16(14)20-25(21,22)9-8-13-4-6-15(19)7-5-13/h4-11,20H,2-3,12H2,1H3/b9-8+. The molecule has 1 N–H and O–H groups in total. The summed E-state index contributed by atoms with van der Waals surface area (Å²) in [6, 6.07) is 10.4. The van der Waals surface area contributed by atoms with Crippen LogP contribution in [-0.4, -0.2) is 15.2 Å². The molecule has 0 atom stereocenters. The molecule has 0 amide bonds. The smallest absolute Gasteiger partial charge is 0.255 e. The topological polar surface area (TPSA) is 64.6 Å². The van der Waals surface area contributed by atoms with Crippen molar-refractivity contribution in [3.05, 3.63) is 58.0 Å². The highest BCUT2D eigenvalue weighted by Crippen LogP contribution is 2.38. The lowest BCUT2D eigenvalue weighted by Gasteiger charge is -2.11. The van der Waals surface area contributed by atoms with Crippen LogP contribution < -0.4 is 14.2 Å².